The molecule has 3 N–H and O–H groups in total. The van der Waals surface area contributed by atoms with Crippen LogP contribution in [0.1, 0.15) is 51.4 Å². The lowest BCUT2D eigenvalue weighted by Crippen LogP contribution is -2.48. The minimum Gasteiger partial charge on any atom is -0.393 e. The van der Waals surface area contributed by atoms with Gasteiger partial charge in [-0.3, -0.25) is 0 Å². The maximum atomic E-state index is 12.1. The Balaban J connectivity index is 1.84. The second kappa shape index (κ2) is 6.99. The third-order valence-electron chi connectivity index (χ3n) is 4.33. The highest BCUT2D eigenvalue weighted by atomic mass is 16.3. The van der Waals surface area contributed by atoms with E-state index in [2.05, 4.69) is 10.6 Å². The molecule has 0 aromatic rings. The van der Waals surface area contributed by atoms with Gasteiger partial charge >= 0.3 is 6.03 Å². The number of carbonyl (C=O) groups excluding carboxylic acids is 1. The van der Waals surface area contributed by atoms with Gasteiger partial charge in [-0.2, -0.15) is 5.01 Å². The number of rotatable bonds is 3. The van der Waals surface area contributed by atoms with Crippen LogP contribution in [-0.2, 0) is 0 Å². The molecule has 0 spiro atoms. The van der Waals surface area contributed by atoms with E-state index in [4.69, 9.17) is 0 Å². The van der Waals surface area contributed by atoms with E-state index >= 15 is 0 Å². The monoisotopic (exact) mass is 285 g/mol. The van der Waals surface area contributed by atoms with Crippen LogP contribution in [0.25, 0.3) is 0 Å². The van der Waals surface area contributed by atoms with Crippen molar-refractivity contribution in [3.8, 4) is 0 Å². The molecule has 2 amide bonds. The topological polar surface area (TPSA) is 102 Å². The quantitative estimate of drug-likeness (QED) is 0.537. The minimum atomic E-state index is -0.456. The zero-order valence-corrected chi connectivity index (χ0v) is 11.6. The largest absolute Gasteiger partial charge is 0.393 e. The van der Waals surface area contributed by atoms with Crippen molar-refractivity contribution in [1.29, 1.82) is 0 Å². The molecule has 7 nitrogen and oxygen atoms in total. The van der Waals surface area contributed by atoms with Gasteiger partial charge in [-0.1, -0.05) is 0 Å². The number of nitroso groups, excluding NO2 is 1. The molecule has 20 heavy (non-hydrogen) atoms. The number of aliphatic hydroxyl groups is 2. The molecular formula is C13H23N3O4. The van der Waals surface area contributed by atoms with Gasteiger partial charge in [-0.15, -0.1) is 4.91 Å². The summed E-state index contributed by atoms with van der Waals surface area (Å²) in [6.45, 7) is 0. The molecule has 2 aliphatic carbocycles. The van der Waals surface area contributed by atoms with E-state index in [0.29, 0.717) is 38.5 Å². The van der Waals surface area contributed by atoms with Crippen LogP contribution < -0.4 is 5.32 Å². The summed E-state index contributed by atoms with van der Waals surface area (Å²) >= 11 is 0. The maximum absolute atomic E-state index is 12.1. The van der Waals surface area contributed by atoms with E-state index in [0.717, 1.165) is 17.9 Å². The van der Waals surface area contributed by atoms with Crippen molar-refractivity contribution in [1.82, 2.24) is 10.3 Å². The summed E-state index contributed by atoms with van der Waals surface area (Å²) in [6, 6.07) is -0.669. The lowest BCUT2D eigenvalue weighted by atomic mass is 9.92. The smallest absolute Gasteiger partial charge is 0.340 e. The summed E-state index contributed by atoms with van der Waals surface area (Å²) in [6.07, 6.45) is 4.59. The first-order valence-electron chi connectivity index (χ1n) is 7.39. The highest BCUT2D eigenvalue weighted by Crippen LogP contribution is 2.24. The average molecular weight is 285 g/mol. The SMILES string of the molecule is O=NN(C(=O)NC1CCC(O)CC1)C1CCC(O)CC1. The molecule has 2 fully saturated rings. The molecule has 0 aromatic heterocycles. The third-order valence-corrected chi connectivity index (χ3v) is 4.33. The van der Waals surface area contributed by atoms with E-state index in [1.165, 1.54) is 0 Å². The number of amides is 2. The fraction of sp³-hybridized carbons (Fsp3) is 0.923. The van der Waals surface area contributed by atoms with Crippen LogP contribution in [0.5, 0.6) is 0 Å². The minimum absolute atomic E-state index is 0.00401. The highest BCUT2D eigenvalue weighted by molar-refractivity contribution is 5.74. The Morgan fingerprint density at radius 1 is 0.950 bits per heavy atom. The molecule has 0 aliphatic heterocycles. The molecule has 0 atom stereocenters. The summed E-state index contributed by atoms with van der Waals surface area (Å²) in [7, 11) is 0. The summed E-state index contributed by atoms with van der Waals surface area (Å²) in [5.74, 6) is 0. The molecule has 7 heteroatoms. The Morgan fingerprint density at radius 3 is 1.95 bits per heavy atom. The molecule has 0 heterocycles. The second-order valence-corrected chi connectivity index (χ2v) is 5.84. The van der Waals surface area contributed by atoms with Gasteiger partial charge in [0.1, 0.15) is 0 Å². The predicted molar refractivity (Wildman–Crippen MR) is 72.7 cm³/mol. The first-order valence-corrected chi connectivity index (χ1v) is 7.39. The van der Waals surface area contributed by atoms with Crippen molar-refractivity contribution < 1.29 is 15.0 Å². The van der Waals surface area contributed by atoms with Gasteiger partial charge in [0.2, 0.25) is 0 Å². The molecule has 2 aliphatic rings. The zero-order chi connectivity index (χ0) is 14.5. The Hall–Kier alpha value is -1.21. The third kappa shape index (κ3) is 3.89. The van der Waals surface area contributed by atoms with Crippen LogP contribution in [0.4, 0.5) is 4.79 Å². The molecule has 0 radical (unpaired) electrons. The van der Waals surface area contributed by atoms with Crippen molar-refractivity contribution in [3.05, 3.63) is 4.91 Å². The van der Waals surface area contributed by atoms with E-state index in [1.807, 2.05) is 0 Å². The van der Waals surface area contributed by atoms with E-state index in [1.54, 1.807) is 0 Å². The molecular weight excluding hydrogens is 262 g/mol. The lowest BCUT2D eigenvalue weighted by Gasteiger charge is -2.32. The molecule has 0 unspecified atom stereocenters. The Morgan fingerprint density at radius 2 is 1.45 bits per heavy atom. The molecule has 114 valence electrons. The average Bonchev–Trinajstić information content (AvgIpc) is 2.44. The van der Waals surface area contributed by atoms with Crippen LogP contribution >= 0.6 is 0 Å². The van der Waals surface area contributed by atoms with E-state index in [9.17, 15) is 19.9 Å². The number of hydrogen-bond donors (Lipinski definition) is 3. The maximum Gasteiger partial charge on any atom is 0.340 e. The van der Waals surface area contributed by atoms with Gasteiger partial charge in [0.05, 0.1) is 23.5 Å². The van der Waals surface area contributed by atoms with E-state index in [-0.39, 0.29) is 24.3 Å². The van der Waals surface area contributed by atoms with Crippen LogP contribution in [0, 0.1) is 4.91 Å². The summed E-state index contributed by atoms with van der Waals surface area (Å²) in [5, 5.41) is 25.5. The normalized spacial score (nSPS) is 34.3. The number of urea groups is 1. The number of aliphatic hydroxyl groups excluding tert-OH is 2. The highest BCUT2D eigenvalue weighted by Gasteiger charge is 2.31. The first kappa shape index (κ1) is 15.2. The van der Waals surface area contributed by atoms with Crippen molar-refractivity contribution in [3.63, 3.8) is 0 Å². The van der Waals surface area contributed by atoms with E-state index < -0.39 is 6.03 Å². The van der Waals surface area contributed by atoms with Crippen molar-refractivity contribution in [2.24, 2.45) is 5.29 Å². The molecule has 2 saturated carbocycles. The Bertz CT molecular complexity index is 337. The lowest BCUT2D eigenvalue weighted by molar-refractivity contribution is 0.0811. The second-order valence-electron chi connectivity index (χ2n) is 5.84. The Labute approximate surface area is 118 Å². The fourth-order valence-corrected chi connectivity index (χ4v) is 3.03. The van der Waals surface area contributed by atoms with Gasteiger partial charge in [0, 0.05) is 6.04 Å². The summed E-state index contributed by atoms with van der Waals surface area (Å²) in [5.41, 5.74) is 0. The fourth-order valence-electron chi connectivity index (χ4n) is 3.03. The van der Waals surface area contributed by atoms with Gasteiger partial charge in [-0.05, 0) is 51.4 Å². The molecule has 0 saturated heterocycles. The standard InChI is InChI=1S/C13H23N3O4/c17-11-5-1-9(2-6-11)14-13(19)16(15-20)10-3-7-12(18)8-4-10/h9-12,17-18H,1-8H2,(H,14,19). The molecule has 2 rings (SSSR count). The number of nitrogens with one attached hydrogen (secondary N) is 1. The van der Waals surface area contributed by atoms with Gasteiger partial charge in [0.15, 0.2) is 0 Å². The van der Waals surface area contributed by atoms with Gasteiger partial charge in [-0.25, -0.2) is 4.79 Å². The molecule has 0 bridgehead atoms. The van der Waals surface area contributed by atoms with Crippen LogP contribution in [0.15, 0.2) is 5.29 Å². The molecule has 0 aromatic carbocycles. The van der Waals surface area contributed by atoms with Gasteiger partial charge < -0.3 is 15.5 Å². The zero-order valence-electron chi connectivity index (χ0n) is 11.6. The predicted octanol–water partition coefficient (Wildman–Crippen LogP) is 1.29. The van der Waals surface area contributed by atoms with Crippen molar-refractivity contribution in [2.75, 3.05) is 0 Å². The number of hydrogen-bond acceptors (Lipinski definition) is 5. The van der Waals surface area contributed by atoms with Crippen LogP contribution in [0.2, 0.25) is 0 Å². The van der Waals surface area contributed by atoms with Crippen molar-refractivity contribution >= 4 is 6.03 Å². The van der Waals surface area contributed by atoms with Crippen LogP contribution in [0.3, 0.4) is 0 Å². The first-order chi connectivity index (χ1) is 9.60. The Kier molecular flexibility index (Phi) is 5.31. The number of nitrogens with zero attached hydrogens (tertiary/aromatic N) is 2. The van der Waals surface area contributed by atoms with Crippen molar-refractivity contribution in [2.45, 2.75) is 75.7 Å². The summed E-state index contributed by atoms with van der Waals surface area (Å²) < 4.78 is 0. The van der Waals surface area contributed by atoms with Gasteiger partial charge in [0.25, 0.3) is 0 Å². The number of carbonyl (C=O) groups is 1. The summed E-state index contributed by atoms with van der Waals surface area (Å²) in [4.78, 5) is 23.0. The van der Waals surface area contributed by atoms with Crippen LogP contribution in [-0.4, -0.2) is 45.5 Å².